The number of hydrazine groups is 1. The SMILES string of the molecule is NNC(=O)c1ccc(N)c([N+](=O)[O-])c1. The molecule has 0 radical (unpaired) electrons. The predicted molar refractivity (Wildman–Crippen MR) is 49.2 cm³/mol. The number of amides is 1. The van der Waals surface area contributed by atoms with Crippen molar-refractivity contribution in [3.8, 4) is 0 Å². The van der Waals surface area contributed by atoms with E-state index in [0.29, 0.717) is 0 Å². The molecule has 0 aliphatic heterocycles. The van der Waals surface area contributed by atoms with Crippen molar-refractivity contribution in [2.75, 3.05) is 5.73 Å². The largest absolute Gasteiger partial charge is 0.393 e. The molecule has 0 aliphatic rings. The minimum Gasteiger partial charge on any atom is -0.393 e. The first kappa shape index (κ1) is 9.93. The zero-order chi connectivity index (χ0) is 10.7. The van der Waals surface area contributed by atoms with E-state index in [-0.39, 0.29) is 16.9 Å². The summed E-state index contributed by atoms with van der Waals surface area (Å²) in [6, 6.07) is 3.70. The van der Waals surface area contributed by atoms with E-state index in [1.807, 2.05) is 5.43 Å². The van der Waals surface area contributed by atoms with Gasteiger partial charge in [-0.1, -0.05) is 0 Å². The summed E-state index contributed by atoms with van der Waals surface area (Å²) in [5, 5.41) is 10.4. The van der Waals surface area contributed by atoms with Crippen LogP contribution in [0.15, 0.2) is 18.2 Å². The fraction of sp³-hybridized carbons (Fsp3) is 0. The predicted octanol–water partition coefficient (Wildman–Crippen LogP) is -0.219. The Morgan fingerprint density at radius 2 is 2.14 bits per heavy atom. The molecule has 74 valence electrons. The maximum Gasteiger partial charge on any atom is 0.292 e. The molecule has 5 N–H and O–H groups in total. The van der Waals surface area contributed by atoms with Crippen LogP contribution in [-0.2, 0) is 0 Å². The van der Waals surface area contributed by atoms with Gasteiger partial charge in [0.2, 0.25) is 0 Å². The number of carbonyl (C=O) groups excluding carboxylic acids is 1. The van der Waals surface area contributed by atoms with E-state index in [4.69, 9.17) is 11.6 Å². The van der Waals surface area contributed by atoms with Gasteiger partial charge in [0.15, 0.2) is 0 Å². The minimum atomic E-state index is -0.664. The molecule has 0 bridgehead atoms. The van der Waals surface area contributed by atoms with E-state index < -0.39 is 10.8 Å². The molecule has 0 atom stereocenters. The second kappa shape index (κ2) is 3.71. The molecule has 1 aromatic carbocycles. The fourth-order valence-corrected chi connectivity index (χ4v) is 0.926. The van der Waals surface area contributed by atoms with Gasteiger partial charge in [0.05, 0.1) is 4.92 Å². The van der Waals surface area contributed by atoms with Crippen LogP contribution in [0.2, 0.25) is 0 Å². The standard InChI is InChI=1S/C7H8N4O3/c8-5-2-1-4(7(12)10-9)3-6(5)11(13)14/h1-3H,8-9H2,(H,10,12). The van der Waals surface area contributed by atoms with Gasteiger partial charge in [0.1, 0.15) is 5.69 Å². The maximum absolute atomic E-state index is 11.0. The van der Waals surface area contributed by atoms with Gasteiger partial charge >= 0.3 is 0 Å². The second-order valence-corrected chi connectivity index (χ2v) is 2.50. The van der Waals surface area contributed by atoms with E-state index in [0.717, 1.165) is 6.07 Å². The molecule has 7 heteroatoms. The van der Waals surface area contributed by atoms with Gasteiger partial charge in [-0.05, 0) is 12.1 Å². The number of carbonyl (C=O) groups is 1. The Morgan fingerprint density at radius 3 is 2.64 bits per heavy atom. The van der Waals surface area contributed by atoms with E-state index in [1.165, 1.54) is 12.1 Å². The number of hydrogen-bond donors (Lipinski definition) is 3. The molecule has 1 aromatic rings. The highest BCUT2D eigenvalue weighted by Crippen LogP contribution is 2.21. The molecule has 0 unspecified atom stereocenters. The molecule has 7 nitrogen and oxygen atoms in total. The third-order valence-corrected chi connectivity index (χ3v) is 1.62. The second-order valence-electron chi connectivity index (χ2n) is 2.50. The first-order valence-corrected chi connectivity index (χ1v) is 3.61. The number of nitro groups is 1. The molecule has 0 fully saturated rings. The number of nitrogens with zero attached hydrogens (tertiary/aromatic N) is 1. The summed E-state index contributed by atoms with van der Waals surface area (Å²) in [4.78, 5) is 20.8. The first-order valence-electron chi connectivity index (χ1n) is 3.61. The molecule has 0 aromatic heterocycles. The van der Waals surface area contributed by atoms with Crippen molar-refractivity contribution < 1.29 is 9.72 Å². The molecule has 1 amide bonds. The van der Waals surface area contributed by atoms with E-state index in [9.17, 15) is 14.9 Å². The monoisotopic (exact) mass is 196 g/mol. The number of anilines is 1. The normalized spacial score (nSPS) is 9.50. The summed E-state index contributed by atoms with van der Waals surface area (Å²) < 4.78 is 0. The van der Waals surface area contributed by atoms with Gasteiger partial charge in [-0.3, -0.25) is 20.3 Å². The Morgan fingerprint density at radius 1 is 1.50 bits per heavy atom. The van der Waals surface area contributed by atoms with Crippen LogP contribution in [0.25, 0.3) is 0 Å². The van der Waals surface area contributed by atoms with Crippen LogP contribution in [-0.4, -0.2) is 10.8 Å². The molecular formula is C7H8N4O3. The highest BCUT2D eigenvalue weighted by Gasteiger charge is 2.14. The smallest absolute Gasteiger partial charge is 0.292 e. The van der Waals surface area contributed by atoms with E-state index in [2.05, 4.69) is 0 Å². The van der Waals surface area contributed by atoms with E-state index >= 15 is 0 Å². The van der Waals surface area contributed by atoms with Gasteiger partial charge in [-0.25, -0.2) is 5.84 Å². The minimum absolute atomic E-state index is 0.00331. The Kier molecular flexibility index (Phi) is 2.63. The Balaban J connectivity index is 3.19. The lowest BCUT2D eigenvalue weighted by atomic mass is 10.1. The number of hydrogen-bond acceptors (Lipinski definition) is 5. The molecule has 0 saturated carbocycles. The van der Waals surface area contributed by atoms with Crippen molar-refractivity contribution in [2.45, 2.75) is 0 Å². The Labute approximate surface area is 78.8 Å². The average Bonchev–Trinajstić information content (AvgIpc) is 2.17. The molecule has 0 heterocycles. The zero-order valence-corrected chi connectivity index (χ0v) is 7.06. The number of nitrogen functional groups attached to an aromatic ring is 2. The first-order chi connectivity index (χ1) is 6.56. The topological polar surface area (TPSA) is 124 Å². The zero-order valence-electron chi connectivity index (χ0n) is 7.06. The molecule has 0 saturated heterocycles. The molecular weight excluding hydrogens is 188 g/mol. The number of nitro benzene ring substituents is 1. The van der Waals surface area contributed by atoms with Crippen LogP contribution in [0.5, 0.6) is 0 Å². The summed E-state index contributed by atoms with van der Waals surface area (Å²) >= 11 is 0. The van der Waals surface area contributed by atoms with Crippen molar-refractivity contribution in [1.82, 2.24) is 5.43 Å². The summed E-state index contributed by atoms with van der Waals surface area (Å²) in [5.41, 5.74) is 6.97. The summed E-state index contributed by atoms with van der Waals surface area (Å²) in [5.74, 6) is 4.26. The fourth-order valence-electron chi connectivity index (χ4n) is 0.926. The van der Waals surface area contributed by atoms with Crippen LogP contribution in [0, 0.1) is 10.1 Å². The van der Waals surface area contributed by atoms with Crippen molar-refractivity contribution in [2.24, 2.45) is 5.84 Å². The van der Waals surface area contributed by atoms with E-state index in [1.54, 1.807) is 0 Å². The highest BCUT2D eigenvalue weighted by molar-refractivity contribution is 5.95. The number of nitrogens with one attached hydrogen (secondary N) is 1. The maximum atomic E-state index is 11.0. The van der Waals surface area contributed by atoms with Gasteiger partial charge in [-0.15, -0.1) is 0 Å². The number of benzene rings is 1. The quantitative estimate of drug-likeness (QED) is 0.198. The number of nitrogens with two attached hydrogens (primary N) is 2. The molecule has 1 rings (SSSR count). The third-order valence-electron chi connectivity index (χ3n) is 1.62. The third kappa shape index (κ3) is 1.77. The van der Waals surface area contributed by atoms with Crippen LogP contribution in [0.3, 0.4) is 0 Å². The lowest BCUT2D eigenvalue weighted by Crippen LogP contribution is -2.30. The van der Waals surface area contributed by atoms with Crippen LogP contribution >= 0.6 is 0 Å². The molecule has 14 heavy (non-hydrogen) atoms. The van der Waals surface area contributed by atoms with Crippen molar-refractivity contribution in [1.29, 1.82) is 0 Å². The van der Waals surface area contributed by atoms with Gasteiger partial charge in [0, 0.05) is 11.6 Å². The van der Waals surface area contributed by atoms with Crippen molar-refractivity contribution in [3.05, 3.63) is 33.9 Å². The lowest BCUT2D eigenvalue weighted by molar-refractivity contribution is -0.383. The van der Waals surface area contributed by atoms with Gasteiger partial charge < -0.3 is 5.73 Å². The van der Waals surface area contributed by atoms with Crippen molar-refractivity contribution in [3.63, 3.8) is 0 Å². The Hall–Kier alpha value is -2.15. The van der Waals surface area contributed by atoms with Crippen LogP contribution in [0.4, 0.5) is 11.4 Å². The lowest BCUT2D eigenvalue weighted by Gasteiger charge is -2.00. The van der Waals surface area contributed by atoms with Crippen LogP contribution < -0.4 is 17.0 Å². The van der Waals surface area contributed by atoms with Crippen molar-refractivity contribution >= 4 is 17.3 Å². The summed E-state index contributed by atoms with van der Waals surface area (Å²) in [7, 11) is 0. The van der Waals surface area contributed by atoms with Crippen LogP contribution in [0.1, 0.15) is 10.4 Å². The molecule has 0 spiro atoms. The summed E-state index contributed by atoms with van der Waals surface area (Å²) in [6.45, 7) is 0. The highest BCUT2D eigenvalue weighted by atomic mass is 16.6. The molecule has 0 aliphatic carbocycles. The summed E-state index contributed by atoms with van der Waals surface area (Å²) in [6.07, 6.45) is 0. The van der Waals surface area contributed by atoms with Gasteiger partial charge in [-0.2, -0.15) is 0 Å². The number of rotatable bonds is 2. The van der Waals surface area contributed by atoms with Gasteiger partial charge in [0.25, 0.3) is 11.6 Å². The Bertz CT molecular complexity index is 391. The average molecular weight is 196 g/mol.